The predicted molar refractivity (Wildman–Crippen MR) is 196 cm³/mol. The van der Waals surface area contributed by atoms with Gasteiger partial charge in [0.25, 0.3) is 0 Å². The summed E-state index contributed by atoms with van der Waals surface area (Å²) < 4.78 is 32.1. The van der Waals surface area contributed by atoms with Gasteiger partial charge >= 0.3 is 0 Å². The molecule has 0 bridgehead atoms. The van der Waals surface area contributed by atoms with E-state index in [1.165, 1.54) is 22.3 Å². The minimum atomic E-state index is -0.0651. The molecule has 0 N–H and O–H groups in total. The Morgan fingerprint density at radius 1 is 0.458 bits per heavy atom. The van der Waals surface area contributed by atoms with Crippen LogP contribution < -0.4 is 18.9 Å². The molecule has 0 aromatic heterocycles. The molecular formula is C42H56O6. The van der Waals surface area contributed by atoms with Gasteiger partial charge in [0.15, 0.2) is 0 Å². The van der Waals surface area contributed by atoms with Gasteiger partial charge in [-0.05, 0) is 70.8 Å². The lowest BCUT2D eigenvalue weighted by Gasteiger charge is -2.26. The van der Waals surface area contributed by atoms with Crippen molar-refractivity contribution in [3.63, 3.8) is 0 Å². The lowest BCUT2D eigenvalue weighted by Crippen LogP contribution is -2.18. The highest BCUT2D eigenvalue weighted by atomic mass is 16.6. The highest BCUT2D eigenvalue weighted by Crippen LogP contribution is 2.34. The zero-order valence-electron chi connectivity index (χ0n) is 30.7. The van der Waals surface area contributed by atoms with Gasteiger partial charge in [-0.1, -0.05) is 104 Å². The van der Waals surface area contributed by atoms with Gasteiger partial charge in [-0.2, -0.15) is 0 Å². The fourth-order valence-corrected chi connectivity index (χ4v) is 4.99. The maximum atomic E-state index is 5.69. The molecule has 4 aromatic rings. The van der Waals surface area contributed by atoms with Gasteiger partial charge in [0.05, 0.1) is 27.4 Å². The average Bonchev–Trinajstić information content (AvgIpc) is 4.09. The third-order valence-electron chi connectivity index (χ3n) is 8.45. The van der Waals surface area contributed by atoms with Crippen LogP contribution in [0.3, 0.4) is 0 Å². The SMILES string of the molecule is CC.CC.COc1ccc(C(C)(C)c2ccc(OCC3CO3)cc2)cc1.COc1ccc(C(C)(C)c2ccc(OCC3CO3)cc2)cc1. The van der Waals surface area contributed by atoms with E-state index in [0.717, 1.165) is 36.2 Å². The van der Waals surface area contributed by atoms with Crippen LogP contribution in [-0.4, -0.2) is 52.9 Å². The fourth-order valence-electron chi connectivity index (χ4n) is 4.99. The van der Waals surface area contributed by atoms with Crippen LogP contribution in [0.15, 0.2) is 97.1 Å². The number of benzene rings is 4. The Morgan fingerprint density at radius 2 is 0.688 bits per heavy atom. The number of ether oxygens (including phenoxy) is 6. The third kappa shape index (κ3) is 11.0. The second-order valence-electron chi connectivity index (χ2n) is 12.3. The van der Waals surface area contributed by atoms with Gasteiger partial charge < -0.3 is 28.4 Å². The molecule has 6 heteroatoms. The molecule has 6 rings (SSSR count). The standard InChI is InChI=1S/2C19H22O3.2C2H6/c2*1-19(2,14-4-8-16(20-3)9-5-14)15-6-10-17(11-7-15)21-12-18-13-22-18;2*1-2/h2*4-11,18H,12-13H2,1-3H3;2*1-2H3. The molecule has 0 saturated carbocycles. The van der Waals surface area contributed by atoms with E-state index >= 15 is 0 Å². The Morgan fingerprint density at radius 3 is 0.896 bits per heavy atom. The van der Waals surface area contributed by atoms with E-state index in [4.69, 9.17) is 28.4 Å². The molecule has 0 radical (unpaired) electrons. The van der Waals surface area contributed by atoms with E-state index in [-0.39, 0.29) is 23.0 Å². The van der Waals surface area contributed by atoms with Crippen LogP contribution in [0.4, 0.5) is 0 Å². The first-order valence-corrected chi connectivity index (χ1v) is 17.2. The van der Waals surface area contributed by atoms with E-state index in [1.807, 2.05) is 76.2 Å². The number of hydrogen-bond acceptors (Lipinski definition) is 6. The summed E-state index contributed by atoms with van der Waals surface area (Å²) in [6, 6.07) is 33.1. The first-order chi connectivity index (χ1) is 23.2. The summed E-state index contributed by atoms with van der Waals surface area (Å²) in [5.74, 6) is 3.55. The van der Waals surface area contributed by atoms with Gasteiger partial charge in [-0.15, -0.1) is 0 Å². The molecule has 0 aliphatic carbocycles. The second-order valence-corrected chi connectivity index (χ2v) is 12.3. The largest absolute Gasteiger partial charge is 0.497 e. The first kappa shape index (κ1) is 38.4. The minimum Gasteiger partial charge on any atom is -0.497 e. The van der Waals surface area contributed by atoms with Crippen molar-refractivity contribution in [2.24, 2.45) is 0 Å². The number of rotatable bonds is 12. The molecule has 48 heavy (non-hydrogen) atoms. The van der Waals surface area contributed by atoms with Crippen LogP contribution in [-0.2, 0) is 20.3 Å². The average molecular weight is 657 g/mol. The van der Waals surface area contributed by atoms with Crippen molar-refractivity contribution in [2.75, 3.05) is 40.6 Å². The summed E-state index contributed by atoms with van der Waals surface area (Å²) >= 11 is 0. The first-order valence-electron chi connectivity index (χ1n) is 17.2. The summed E-state index contributed by atoms with van der Waals surface area (Å²) in [6.07, 6.45) is 0.575. The minimum absolute atomic E-state index is 0.0651. The van der Waals surface area contributed by atoms with Crippen LogP contribution in [0.25, 0.3) is 0 Å². The Labute approximate surface area is 289 Å². The van der Waals surface area contributed by atoms with Crippen molar-refractivity contribution in [3.8, 4) is 23.0 Å². The second kappa shape index (κ2) is 18.5. The summed E-state index contributed by atoms with van der Waals surface area (Å²) in [5.41, 5.74) is 4.90. The highest BCUT2D eigenvalue weighted by molar-refractivity contribution is 5.43. The van der Waals surface area contributed by atoms with Crippen LogP contribution in [0.5, 0.6) is 23.0 Å². The fraction of sp³-hybridized carbons (Fsp3) is 0.429. The summed E-state index contributed by atoms with van der Waals surface area (Å²) in [6.45, 7) is 19.8. The molecule has 0 spiro atoms. The molecule has 2 aliphatic rings. The maximum Gasteiger partial charge on any atom is 0.119 e. The van der Waals surface area contributed by atoms with Crippen molar-refractivity contribution in [1.29, 1.82) is 0 Å². The molecular weight excluding hydrogens is 600 g/mol. The molecule has 2 heterocycles. The smallest absolute Gasteiger partial charge is 0.119 e. The Bertz CT molecular complexity index is 1340. The summed E-state index contributed by atoms with van der Waals surface area (Å²) in [4.78, 5) is 0. The molecule has 2 atom stereocenters. The van der Waals surface area contributed by atoms with E-state index < -0.39 is 0 Å². The topological polar surface area (TPSA) is 62.0 Å². The van der Waals surface area contributed by atoms with Crippen LogP contribution in [0.2, 0.25) is 0 Å². The van der Waals surface area contributed by atoms with E-state index in [0.29, 0.717) is 13.2 Å². The predicted octanol–water partition coefficient (Wildman–Crippen LogP) is 9.65. The van der Waals surface area contributed by atoms with Crippen LogP contribution in [0.1, 0.15) is 77.6 Å². The van der Waals surface area contributed by atoms with Crippen molar-refractivity contribution in [1.82, 2.24) is 0 Å². The summed E-state index contributed by atoms with van der Waals surface area (Å²) in [5, 5.41) is 0. The van der Waals surface area contributed by atoms with Gasteiger partial charge in [0, 0.05) is 10.8 Å². The Kier molecular flexibility index (Phi) is 14.8. The van der Waals surface area contributed by atoms with Crippen molar-refractivity contribution >= 4 is 0 Å². The highest BCUT2D eigenvalue weighted by Gasteiger charge is 2.26. The molecule has 0 amide bonds. The molecule has 2 saturated heterocycles. The quantitative estimate of drug-likeness (QED) is 0.142. The van der Waals surface area contributed by atoms with E-state index in [2.05, 4.69) is 76.2 Å². The molecule has 2 aliphatic heterocycles. The molecule has 6 nitrogen and oxygen atoms in total. The van der Waals surface area contributed by atoms with Gasteiger partial charge in [-0.25, -0.2) is 0 Å². The maximum absolute atomic E-state index is 5.69. The van der Waals surface area contributed by atoms with Gasteiger partial charge in [-0.3, -0.25) is 0 Å². The van der Waals surface area contributed by atoms with Crippen molar-refractivity contribution < 1.29 is 28.4 Å². The van der Waals surface area contributed by atoms with Crippen molar-refractivity contribution in [3.05, 3.63) is 119 Å². The summed E-state index contributed by atoms with van der Waals surface area (Å²) in [7, 11) is 3.37. The normalized spacial score (nSPS) is 16.0. The van der Waals surface area contributed by atoms with Gasteiger partial charge in [0.2, 0.25) is 0 Å². The van der Waals surface area contributed by atoms with E-state index in [1.54, 1.807) is 14.2 Å². The van der Waals surface area contributed by atoms with E-state index in [9.17, 15) is 0 Å². The molecule has 2 fully saturated rings. The zero-order chi connectivity index (χ0) is 35.2. The molecule has 2 unspecified atom stereocenters. The molecule has 260 valence electrons. The van der Waals surface area contributed by atoms with Gasteiger partial charge in [0.1, 0.15) is 48.4 Å². The number of epoxide rings is 2. The Hall–Kier alpha value is -4.00. The Balaban J connectivity index is 0.000000236. The zero-order valence-corrected chi connectivity index (χ0v) is 30.7. The van der Waals surface area contributed by atoms with Crippen molar-refractivity contribution in [2.45, 2.75) is 78.4 Å². The van der Waals surface area contributed by atoms with Crippen LogP contribution in [0, 0.1) is 0 Å². The van der Waals surface area contributed by atoms with Crippen LogP contribution >= 0.6 is 0 Å². The monoisotopic (exact) mass is 656 g/mol. The third-order valence-corrected chi connectivity index (χ3v) is 8.45. The lowest BCUT2D eigenvalue weighted by molar-refractivity contribution is 0.263. The molecule has 4 aromatic carbocycles. The number of hydrogen-bond donors (Lipinski definition) is 0. The lowest BCUT2D eigenvalue weighted by atomic mass is 9.78. The number of methoxy groups -OCH3 is 2.